The van der Waals surface area contributed by atoms with E-state index in [-0.39, 0.29) is 17.3 Å². The van der Waals surface area contributed by atoms with Crippen LogP contribution in [-0.4, -0.2) is 23.7 Å². The molecule has 0 bridgehead atoms. The van der Waals surface area contributed by atoms with E-state index >= 15 is 0 Å². The van der Waals surface area contributed by atoms with E-state index in [1.54, 1.807) is 0 Å². The van der Waals surface area contributed by atoms with Crippen molar-refractivity contribution in [3.05, 3.63) is 24.3 Å². The van der Waals surface area contributed by atoms with Gasteiger partial charge in [0.15, 0.2) is 0 Å². The van der Waals surface area contributed by atoms with E-state index in [0.717, 1.165) is 6.42 Å². The minimum atomic E-state index is -4.69. The Balaban J connectivity index is 1.98. The topological polar surface area (TPSA) is 38.7 Å². The molecule has 1 saturated carbocycles. The number of halogens is 3. The first-order valence-corrected chi connectivity index (χ1v) is 6.45. The van der Waals surface area contributed by atoms with E-state index < -0.39 is 12.5 Å². The molecule has 1 aromatic rings. The smallest absolute Gasteiger partial charge is 0.490 e. The Hall–Kier alpha value is -1.43. The second-order valence-corrected chi connectivity index (χ2v) is 5.24. The lowest BCUT2D eigenvalue weighted by atomic mass is 9.63. The molecule has 20 heavy (non-hydrogen) atoms. The SMILES string of the molecule is CCC1(C)C(O)CC1Oc1ccc(OC(F)(F)F)cc1. The van der Waals surface area contributed by atoms with Gasteiger partial charge in [0.05, 0.1) is 6.10 Å². The van der Waals surface area contributed by atoms with Gasteiger partial charge in [0, 0.05) is 11.8 Å². The molecule has 112 valence electrons. The molecule has 1 aromatic carbocycles. The molecule has 0 spiro atoms. The summed E-state index contributed by atoms with van der Waals surface area (Å²) in [6.45, 7) is 3.91. The normalized spacial score (nSPS) is 29.7. The molecule has 1 fully saturated rings. The molecule has 2 rings (SSSR count). The molecule has 1 aliphatic carbocycles. The van der Waals surface area contributed by atoms with Crippen molar-refractivity contribution in [1.29, 1.82) is 0 Å². The van der Waals surface area contributed by atoms with Crippen LogP contribution in [0.25, 0.3) is 0 Å². The Kier molecular flexibility index (Phi) is 3.86. The van der Waals surface area contributed by atoms with Crippen LogP contribution in [0.4, 0.5) is 13.2 Å². The van der Waals surface area contributed by atoms with Crippen LogP contribution in [0.3, 0.4) is 0 Å². The molecule has 3 nitrogen and oxygen atoms in total. The van der Waals surface area contributed by atoms with Gasteiger partial charge in [0.2, 0.25) is 0 Å². The second kappa shape index (κ2) is 5.16. The molecule has 0 aliphatic heterocycles. The zero-order chi connectivity index (χ0) is 15.0. The molecule has 0 aromatic heterocycles. The van der Waals surface area contributed by atoms with E-state index in [4.69, 9.17) is 4.74 Å². The summed E-state index contributed by atoms with van der Waals surface area (Å²) in [5.41, 5.74) is -0.304. The number of aliphatic hydroxyl groups excluding tert-OH is 1. The van der Waals surface area contributed by atoms with Crippen molar-refractivity contribution in [3.63, 3.8) is 0 Å². The number of hydrogen-bond donors (Lipinski definition) is 1. The third kappa shape index (κ3) is 3.00. The Morgan fingerprint density at radius 2 is 1.80 bits per heavy atom. The van der Waals surface area contributed by atoms with Crippen molar-refractivity contribution in [1.82, 2.24) is 0 Å². The van der Waals surface area contributed by atoms with Crippen LogP contribution in [0.5, 0.6) is 11.5 Å². The monoisotopic (exact) mass is 290 g/mol. The molecule has 0 heterocycles. The number of alkyl halides is 3. The molecule has 1 N–H and O–H groups in total. The lowest BCUT2D eigenvalue weighted by Crippen LogP contribution is -2.57. The summed E-state index contributed by atoms with van der Waals surface area (Å²) in [4.78, 5) is 0. The maximum atomic E-state index is 12.0. The highest BCUT2D eigenvalue weighted by atomic mass is 19.4. The predicted molar refractivity (Wildman–Crippen MR) is 66.6 cm³/mol. The van der Waals surface area contributed by atoms with Crippen LogP contribution in [-0.2, 0) is 0 Å². The first-order chi connectivity index (χ1) is 9.24. The summed E-state index contributed by atoms with van der Waals surface area (Å²) in [5.74, 6) is 0.188. The van der Waals surface area contributed by atoms with Gasteiger partial charge in [0.25, 0.3) is 0 Å². The van der Waals surface area contributed by atoms with Crippen LogP contribution in [0.1, 0.15) is 26.7 Å². The van der Waals surface area contributed by atoms with Gasteiger partial charge in [0.1, 0.15) is 17.6 Å². The van der Waals surface area contributed by atoms with Crippen molar-refractivity contribution >= 4 is 0 Å². The van der Waals surface area contributed by atoms with E-state index in [1.165, 1.54) is 24.3 Å². The minimum Gasteiger partial charge on any atom is -0.490 e. The van der Waals surface area contributed by atoms with Crippen LogP contribution in [0.2, 0.25) is 0 Å². The summed E-state index contributed by atoms with van der Waals surface area (Å²) in [6.07, 6.45) is -3.91. The van der Waals surface area contributed by atoms with E-state index in [9.17, 15) is 18.3 Å². The van der Waals surface area contributed by atoms with Gasteiger partial charge in [-0.1, -0.05) is 13.8 Å². The average molecular weight is 290 g/mol. The highest BCUT2D eigenvalue weighted by Gasteiger charge is 2.51. The zero-order valence-corrected chi connectivity index (χ0v) is 11.3. The van der Waals surface area contributed by atoms with Gasteiger partial charge in [-0.3, -0.25) is 0 Å². The molecular formula is C14H17F3O3. The summed E-state index contributed by atoms with van der Waals surface area (Å²) in [5, 5.41) is 9.76. The number of ether oxygens (including phenoxy) is 2. The predicted octanol–water partition coefficient (Wildman–Crippen LogP) is 3.51. The van der Waals surface area contributed by atoms with Crippen LogP contribution in [0.15, 0.2) is 24.3 Å². The first-order valence-electron chi connectivity index (χ1n) is 6.45. The van der Waals surface area contributed by atoms with Gasteiger partial charge in [-0.15, -0.1) is 13.2 Å². The Morgan fingerprint density at radius 3 is 2.25 bits per heavy atom. The zero-order valence-electron chi connectivity index (χ0n) is 11.3. The number of hydrogen-bond acceptors (Lipinski definition) is 3. The number of rotatable bonds is 4. The van der Waals surface area contributed by atoms with E-state index in [0.29, 0.717) is 12.2 Å². The first kappa shape index (κ1) is 15.0. The van der Waals surface area contributed by atoms with Gasteiger partial charge in [-0.25, -0.2) is 0 Å². The molecule has 6 heteroatoms. The average Bonchev–Trinajstić information content (AvgIpc) is 2.37. The Bertz CT molecular complexity index is 458. The third-order valence-electron chi connectivity index (χ3n) is 4.03. The van der Waals surface area contributed by atoms with Gasteiger partial charge in [-0.05, 0) is 30.7 Å². The van der Waals surface area contributed by atoms with Crippen LogP contribution >= 0.6 is 0 Å². The second-order valence-electron chi connectivity index (χ2n) is 5.24. The quantitative estimate of drug-likeness (QED) is 0.922. The standard InChI is InChI=1S/C14H17F3O3/c1-3-13(2)11(18)8-12(13)19-9-4-6-10(7-5-9)20-14(15,16)17/h4-7,11-12,18H,3,8H2,1-2H3. The van der Waals surface area contributed by atoms with E-state index in [1.807, 2.05) is 13.8 Å². The molecular weight excluding hydrogens is 273 g/mol. The largest absolute Gasteiger partial charge is 0.573 e. The van der Waals surface area contributed by atoms with Crippen molar-refractivity contribution in [3.8, 4) is 11.5 Å². The minimum absolute atomic E-state index is 0.128. The molecule has 3 atom stereocenters. The summed E-state index contributed by atoms with van der Waals surface area (Å²) in [7, 11) is 0. The van der Waals surface area contributed by atoms with Crippen LogP contribution in [0, 0.1) is 5.41 Å². The fourth-order valence-electron chi connectivity index (χ4n) is 2.33. The maximum absolute atomic E-state index is 12.0. The number of aliphatic hydroxyl groups is 1. The highest BCUT2D eigenvalue weighted by Crippen LogP contribution is 2.46. The molecule has 0 radical (unpaired) electrons. The third-order valence-corrected chi connectivity index (χ3v) is 4.03. The van der Waals surface area contributed by atoms with Crippen molar-refractivity contribution < 1.29 is 27.8 Å². The van der Waals surface area contributed by atoms with Crippen LogP contribution < -0.4 is 9.47 Å². The Labute approximate surface area is 115 Å². The fourth-order valence-corrected chi connectivity index (χ4v) is 2.33. The summed E-state index contributed by atoms with van der Waals surface area (Å²) < 4.78 is 45.6. The van der Waals surface area contributed by atoms with E-state index in [2.05, 4.69) is 4.74 Å². The molecule has 0 amide bonds. The summed E-state index contributed by atoms with van der Waals surface area (Å²) >= 11 is 0. The molecule has 3 unspecified atom stereocenters. The maximum Gasteiger partial charge on any atom is 0.573 e. The van der Waals surface area contributed by atoms with Crippen molar-refractivity contribution in [2.24, 2.45) is 5.41 Å². The lowest BCUT2D eigenvalue weighted by molar-refractivity contribution is -0.274. The Morgan fingerprint density at radius 1 is 1.25 bits per heavy atom. The van der Waals surface area contributed by atoms with Crippen molar-refractivity contribution in [2.75, 3.05) is 0 Å². The molecule has 1 aliphatic rings. The van der Waals surface area contributed by atoms with Gasteiger partial charge in [-0.2, -0.15) is 0 Å². The van der Waals surface area contributed by atoms with Crippen molar-refractivity contribution in [2.45, 2.75) is 45.3 Å². The number of benzene rings is 1. The fraction of sp³-hybridized carbons (Fsp3) is 0.571. The lowest BCUT2D eigenvalue weighted by Gasteiger charge is -2.50. The molecule has 0 saturated heterocycles. The summed E-state index contributed by atoms with van der Waals surface area (Å²) in [6, 6.07) is 5.28. The van der Waals surface area contributed by atoms with Gasteiger partial charge >= 0.3 is 6.36 Å². The highest BCUT2D eigenvalue weighted by molar-refractivity contribution is 5.32. The van der Waals surface area contributed by atoms with Gasteiger partial charge < -0.3 is 14.6 Å².